The van der Waals surface area contributed by atoms with E-state index in [0.717, 1.165) is 38.6 Å². The van der Waals surface area contributed by atoms with Crippen LogP contribution in [0.3, 0.4) is 0 Å². The molecule has 168 valence electrons. The van der Waals surface area contributed by atoms with Crippen molar-refractivity contribution in [2.75, 3.05) is 59.4 Å². The van der Waals surface area contributed by atoms with Crippen LogP contribution in [0.5, 0.6) is 0 Å². The molecular formula is C24H42N6. The lowest BCUT2D eigenvalue weighted by Crippen LogP contribution is -2.45. The molecule has 2 unspecified atom stereocenters. The van der Waals surface area contributed by atoms with Crippen LogP contribution in [0.4, 0.5) is 0 Å². The standard InChI is InChI=1S/C24H42N6/c1-4-25-24(26-12-8-9-13-29-16-14-28(3)15-17-29)27-23-18-21(2)30(20-23)19-22-10-6-5-7-11-22/h5-7,10-11,21,23H,4,8-9,12-20H2,1-3H3,(H2,25,26,27). The Kier molecular flexibility index (Phi) is 9.43. The average molecular weight is 415 g/mol. The third kappa shape index (κ3) is 7.56. The van der Waals surface area contributed by atoms with Crippen molar-refractivity contribution in [3.05, 3.63) is 35.9 Å². The molecular weight excluding hydrogens is 372 g/mol. The van der Waals surface area contributed by atoms with Gasteiger partial charge in [-0.25, -0.2) is 0 Å². The highest BCUT2D eigenvalue weighted by molar-refractivity contribution is 5.80. The minimum Gasteiger partial charge on any atom is -0.357 e. The minimum absolute atomic E-state index is 0.465. The van der Waals surface area contributed by atoms with Gasteiger partial charge in [-0.05, 0) is 52.3 Å². The molecule has 0 spiro atoms. The van der Waals surface area contributed by atoms with Crippen molar-refractivity contribution in [1.82, 2.24) is 25.3 Å². The Bertz CT molecular complexity index is 626. The summed E-state index contributed by atoms with van der Waals surface area (Å²) in [5.74, 6) is 0.982. The SMILES string of the molecule is CCNC(=NCCCCN1CCN(C)CC1)NC1CC(C)N(Cc2ccccc2)C1. The van der Waals surface area contributed by atoms with E-state index in [4.69, 9.17) is 4.99 Å². The second kappa shape index (κ2) is 12.3. The highest BCUT2D eigenvalue weighted by Crippen LogP contribution is 2.20. The Morgan fingerprint density at radius 3 is 2.60 bits per heavy atom. The van der Waals surface area contributed by atoms with E-state index in [2.05, 4.69) is 76.6 Å². The zero-order valence-electron chi connectivity index (χ0n) is 19.3. The van der Waals surface area contributed by atoms with Gasteiger partial charge in [0.05, 0.1) is 0 Å². The van der Waals surface area contributed by atoms with E-state index in [1.54, 1.807) is 0 Å². The largest absolute Gasteiger partial charge is 0.357 e. The summed E-state index contributed by atoms with van der Waals surface area (Å²) in [4.78, 5) is 12.4. The lowest BCUT2D eigenvalue weighted by atomic mass is 10.2. The van der Waals surface area contributed by atoms with E-state index in [1.165, 1.54) is 51.1 Å². The topological polar surface area (TPSA) is 46.1 Å². The molecule has 1 aromatic rings. The van der Waals surface area contributed by atoms with Gasteiger partial charge in [0.15, 0.2) is 5.96 Å². The first-order valence-corrected chi connectivity index (χ1v) is 11.9. The smallest absolute Gasteiger partial charge is 0.191 e. The van der Waals surface area contributed by atoms with Gasteiger partial charge >= 0.3 is 0 Å². The van der Waals surface area contributed by atoms with Gasteiger partial charge in [-0.1, -0.05) is 30.3 Å². The van der Waals surface area contributed by atoms with Crippen molar-refractivity contribution >= 4 is 5.96 Å². The van der Waals surface area contributed by atoms with Crippen LogP contribution >= 0.6 is 0 Å². The van der Waals surface area contributed by atoms with Gasteiger partial charge in [-0.3, -0.25) is 9.89 Å². The first-order valence-electron chi connectivity index (χ1n) is 11.9. The lowest BCUT2D eigenvalue weighted by molar-refractivity contribution is 0.152. The molecule has 2 heterocycles. The predicted octanol–water partition coefficient (Wildman–Crippen LogP) is 2.23. The fourth-order valence-corrected chi connectivity index (χ4v) is 4.46. The summed E-state index contributed by atoms with van der Waals surface area (Å²) in [5, 5.41) is 7.13. The van der Waals surface area contributed by atoms with E-state index in [9.17, 15) is 0 Å². The van der Waals surface area contributed by atoms with Crippen molar-refractivity contribution < 1.29 is 0 Å². The highest BCUT2D eigenvalue weighted by atomic mass is 15.3. The van der Waals surface area contributed by atoms with E-state index < -0.39 is 0 Å². The molecule has 0 amide bonds. The lowest BCUT2D eigenvalue weighted by Gasteiger charge is -2.32. The van der Waals surface area contributed by atoms with Gasteiger partial charge in [-0.2, -0.15) is 0 Å². The van der Waals surface area contributed by atoms with Crippen LogP contribution in [-0.4, -0.2) is 92.1 Å². The summed E-state index contributed by atoms with van der Waals surface area (Å²) in [5.41, 5.74) is 1.39. The summed E-state index contributed by atoms with van der Waals surface area (Å²) >= 11 is 0. The van der Waals surface area contributed by atoms with Crippen molar-refractivity contribution in [2.24, 2.45) is 4.99 Å². The van der Waals surface area contributed by atoms with Crippen LogP contribution in [0.1, 0.15) is 38.7 Å². The van der Waals surface area contributed by atoms with Gasteiger partial charge < -0.3 is 20.4 Å². The molecule has 3 rings (SSSR count). The number of hydrogen-bond donors (Lipinski definition) is 2. The summed E-state index contributed by atoms with van der Waals surface area (Å²) in [6.07, 6.45) is 3.56. The number of nitrogens with zero attached hydrogens (tertiary/aromatic N) is 4. The Morgan fingerprint density at radius 1 is 1.10 bits per heavy atom. The van der Waals surface area contributed by atoms with Crippen molar-refractivity contribution in [1.29, 1.82) is 0 Å². The number of unbranched alkanes of at least 4 members (excludes halogenated alkanes) is 1. The van der Waals surface area contributed by atoms with Gasteiger partial charge in [0.25, 0.3) is 0 Å². The molecule has 2 fully saturated rings. The zero-order valence-corrected chi connectivity index (χ0v) is 19.3. The van der Waals surface area contributed by atoms with Crippen LogP contribution in [0.2, 0.25) is 0 Å². The highest BCUT2D eigenvalue weighted by Gasteiger charge is 2.29. The number of nitrogens with one attached hydrogen (secondary N) is 2. The van der Waals surface area contributed by atoms with Crippen molar-refractivity contribution in [3.8, 4) is 0 Å². The molecule has 0 aromatic heterocycles. The fourth-order valence-electron chi connectivity index (χ4n) is 4.46. The van der Waals surface area contributed by atoms with Gasteiger partial charge in [-0.15, -0.1) is 0 Å². The summed E-state index contributed by atoms with van der Waals surface area (Å²) in [6.45, 7) is 14.4. The molecule has 0 bridgehead atoms. The number of benzene rings is 1. The third-order valence-corrected chi connectivity index (χ3v) is 6.37. The zero-order chi connectivity index (χ0) is 21.2. The Balaban J connectivity index is 1.38. The van der Waals surface area contributed by atoms with Crippen LogP contribution in [-0.2, 0) is 6.54 Å². The average Bonchev–Trinajstić information content (AvgIpc) is 3.08. The monoisotopic (exact) mass is 414 g/mol. The molecule has 2 N–H and O–H groups in total. The Hall–Kier alpha value is -1.63. The van der Waals surface area contributed by atoms with Gasteiger partial charge in [0, 0.05) is 64.4 Å². The first kappa shape index (κ1) is 23.0. The Morgan fingerprint density at radius 2 is 1.87 bits per heavy atom. The van der Waals surface area contributed by atoms with Crippen LogP contribution in [0.15, 0.2) is 35.3 Å². The maximum absolute atomic E-state index is 4.85. The van der Waals surface area contributed by atoms with Crippen molar-refractivity contribution in [2.45, 2.75) is 51.7 Å². The maximum atomic E-state index is 4.85. The second-order valence-corrected chi connectivity index (χ2v) is 8.95. The summed E-state index contributed by atoms with van der Waals surface area (Å²) in [6, 6.07) is 11.9. The second-order valence-electron chi connectivity index (χ2n) is 8.95. The minimum atomic E-state index is 0.465. The number of likely N-dealkylation sites (N-methyl/N-ethyl adjacent to an activating group) is 1. The van der Waals surface area contributed by atoms with E-state index in [0.29, 0.717) is 12.1 Å². The summed E-state index contributed by atoms with van der Waals surface area (Å²) in [7, 11) is 2.22. The molecule has 2 aliphatic heterocycles. The molecule has 0 saturated carbocycles. The van der Waals surface area contributed by atoms with Gasteiger partial charge in [0.2, 0.25) is 0 Å². The molecule has 1 aromatic carbocycles. The van der Waals surface area contributed by atoms with E-state index >= 15 is 0 Å². The molecule has 0 aliphatic carbocycles. The Labute approximate surface area is 183 Å². The first-order chi connectivity index (χ1) is 14.6. The third-order valence-electron chi connectivity index (χ3n) is 6.37. The van der Waals surface area contributed by atoms with Crippen LogP contribution < -0.4 is 10.6 Å². The fraction of sp³-hybridized carbons (Fsp3) is 0.708. The molecule has 6 heteroatoms. The van der Waals surface area contributed by atoms with Crippen molar-refractivity contribution in [3.63, 3.8) is 0 Å². The number of rotatable bonds is 9. The number of guanidine groups is 1. The quantitative estimate of drug-likeness (QED) is 0.369. The summed E-state index contributed by atoms with van der Waals surface area (Å²) < 4.78 is 0. The number of piperazine rings is 1. The number of hydrogen-bond acceptors (Lipinski definition) is 4. The van der Waals surface area contributed by atoms with Crippen LogP contribution in [0.25, 0.3) is 0 Å². The normalized spacial score (nSPS) is 24.3. The molecule has 6 nitrogen and oxygen atoms in total. The van der Waals surface area contributed by atoms with Crippen LogP contribution in [0, 0.1) is 0 Å². The molecule has 30 heavy (non-hydrogen) atoms. The molecule has 0 radical (unpaired) electrons. The van der Waals surface area contributed by atoms with E-state index in [-0.39, 0.29) is 0 Å². The molecule has 2 aliphatic rings. The molecule has 2 atom stereocenters. The number of aliphatic imine (C=N–C) groups is 1. The molecule has 2 saturated heterocycles. The maximum Gasteiger partial charge on any atom is 0.191 e. The number of likely N-dealkylation sites (tertiary alicyclic amines) is 1. The predicted molar refractivity (Wildman–Crippen MR) is 127 cm³/mol. The van der Waals surface area contributed by atoms with Gasteiger partial charge in [0.1, 0.15) is 0 Å². The van der Waals surface area contributed by atoms with E-state index in [1.807, 2.05) is 0 Å².